The smallest absolute Gasteiger partial charge is 0.321 e. The number of carbonyl (C=O) groups excluding carboxylic acids is 2. The molecule has 130 valence electrons. The third kappa shape index (κ3) is 5.58. The van der Waals surface area contributed by atoms with Crippen molar-refractivity contribution in [3.8, 4) is 0 Å². The van der Waals surface area contributed by atoms with Crippen LogP contribution in [0.4, 0.5) is 0 Å². The van der Waals surface area contributed by atoms with Crippen LogP contribution in [0.5, 0.6) is 0 Å². The van der Waals surface area contributed by atoms with E-state index >= 15 is 0 Å². The number of nitrogens with zero attached hydrogens (tertiary/aromatic N) is 3. The Balaban J connectivity index is 2.98. The Morgan fingerprint density at radius 1 is 1.25 bits per heavy atom. The van der Waals surface area contributed by atoms with Gasteiger partial charge in [0.2, 0.25) is 5.91 Å². The number of amides is 1. The first-order valence-corrected chi connectivity index (χ1v) is 8.68. The topological polar surface area (TPSA) is 92.1 Å². The monoisotopic (exact) mass is 349 g/mol. The van der Waals surface area contributed by atoms with Gasteiger partial charge in [-0.25, -0.2) is 0 Å². The van der Waals surface area contributed by atoms with Gasteiger partial charge in [0, 0.05) is 15.4 Å². The average Bonchev–Trinajstić information content (AvgIpc) is 2.54. The molecule has 0 unspecified atom stereocenters. The van der Waals surface area contributed by atoms with E-state index in [2.05, 4.69) is 10.0 Å². The van der Waals surface area contributed by atoms with Crippen LogP contribution >= 0.6 is 11.8 Å². The molecule has 0 bridgehead atoms. The summed E-state index contributed by atoms with van der Waals surface area (Å²) >= 11 is 1.46. The van der Waals surface area contributed by atoms with Crippen LogP contribution in [0.2, 0.25) is 0 Å². The molecule has 1 amide bonds. The van der Waals surface area contributed by atoms with Gasteiger partial charge in [-0.2, -0.15) is 11.8 Å². The van der Waals surface area contributed by atoms with Gasteiger partial charge < -0.3 is 4.74 Å². The maximum Gasteiger partial charge on any atom is 0.321 e. The van der Waals surface area contributed by atoms with Crippen LogP contribution < -0.4 is 0 Å². The second kappa shape index (κ2) is 8.76. The second-order valence-electron chi connectivity index (χ2n) is 6.39. The predicted molar refractivity (Wildman–Crippen MR) is 95.3 cm³/mol. The summed E-state index contributed by atoms with van der Waals surface area (Å²) in [5, 5.41) is 3.17. The highest BCUT2D eigenvalue weighted by atomic mass is 32.2. The van der Waals surface area contributed by atoms with E-state index in [9.17, 15) is 9.59 Å². The summed E-state index contributed by atoms with van der Waals surface area (Å²) in [5.41, 5.74) is 7.96. The van der Waals surface area contributed by atoms with Crippen molar-refractivity contribution in [3.05, 3.63) is 46.3 Å². The van der Waals surface area contributed by atoms with Crippen molar-refractivity contribution in [2.45, 2.75) is 45.5 Å². The molecule has 1 atom stereocenters. The van der Waals surface area contributed by atoms with Gasteiger partial charge in [-0.15, -0.1) is 0 Å². The molecule has 1 rings (SSSR count). The maximum absolute atomic E-state index is 12.7. The largest absolute Gasteiger partial charge is 0.460 e. The molecule has 0 radical (unpaired) electrons. The molecule has 0 aromatic heterocycles. The van der Waals surface area contributed by atoms with Crippen molar-refractivity contribution in [1.82, 2.24) is 0 Å². The zero-order valence-corrected chi connectivity index (χ0v) is 15.3. The van der Waals surface area contributed by atoms with Crippen molar-refractivity contribution in [2.24, 2.45) is 10.5 Å². The highest BCUT2D eigenvalue weighted by Crippen LogP contribution is 2.36. The first-order chi connectivity index (χ1) is 11.2. The minimum atomic E-state index is -1.46. The standard InChI is InChI=1S/C17H23N3O3S/c1-5-17(14(21)19-20-18,12-24-16(2,3)4)15(22)23-11-13-9-7-6-8-10-13/h6-10H,5,11-12H2,1-4H3/t17-/m0/s1. The SMILES string of the molecule is CC[C@](CSC(C)(C)C)(C(=O)N=[N+]=[N-])C(=O)OCc1ccccc1. The van der Waals surface area contributed by atoms with E-state index in [1.807, 2.05) is 51.1 Å². The number of hydrogen-bond donors (Lipinski definition) is 0. The highest BCUT2D eigenvalue weighted by Gasteiger charge is 2.46. The van der Waals surface area contributed by atoms with Crippen LogP contribution in [0.1, 0.15) is 39.7 Å². The third-order valence-corrected chi connectivity index (χ3v) is 5.01. The Hall–Kier alpha value is -1.98. The van der Waals surface area contributed by atoms with Gasteiger partial charge in [0.25, 0.3) is 0 Å². The molecule has 0 N–H and O–H groups in total. The van der Waals surface area contributed by atoms with Crippen molar-refractivity contribution in [3.63, 3.8) is 0 Å². The molecular weight excluding hydrogens is 326 g/mol. The third-order valence-electron chi connectivity index (χ3n) is 3.50. The molecule has 0 spiro atoms. The molecule has 0 saturated heterocycles. The number of hydrogen-bond acceptors (Lipinski definition) is 4. The van der Waals surface area contributed by atoms with Gasteiger partial charge in [-0.05, 0) is 22.6 Å². The highest BCUT2D eigenvalue weighted by molar-refractivity contribution is 8.00. The fourth-order valence-electron chi connectivity index (χ4n) is 1.94. The van der Waals surface area contributed by atoms with Gasteiger partial charge in [0.1, 0.15) is 12.0 Å². The van der Waals surface area contributed by atoms with Gasteiger partial charge in [-0.3, -0.25) is 9.59 Å². The van der Waals surface area contributed by atoms with Crippen molar-refractivity contribution in [1.29, 1.82) is 0 Å². The quantitative estimate of drug-likeness (QED) is 0.238. The minimum absolute atomic E-state index is 0.0746. The van der Waals surface area contributed by atoms with E-state index in [1.165, 1.54) is 11.8 Å². The molecule has 24 heavy (non-hydrogen) atoms. The van der Waals surface area contributed by atoms with E-state index in [-0.39, 0.29) is 23.5 Å². The lowest BCUT2D eigenvalue weighted by atomic mass is 9.86. The summed E-state index contributed by atoms with van der Waals surface area (Å²) in [5.74, 6) is -1.23. The Kier molecular flexibility index (Phi) is 7.32. The Morgan fingerprint density at radius 2 is 1.88 bits per heavy atom. The maximum atomic E-state index is 12.7. The van der Waals surface area contributed by atoms with E-state index in [4.69, 9.17) is 10.3 Å². The normalized spacial score (nSPS) is 13.5. The van der Waals surface area contributed by atoms with Crippen molar-refractivity contribution < 1.29 is 14.3 Å². The molecule has 0 heterocycles. The number of thioether (sulfide) groups is 1. The van der Waals surface area contributed by atoms with Crippen LogP contribution in [0.3, 0.4) is 0 Å². The zero-order chi connectivity index (χ0) is 18.2. The number of benzene rings is 1. The van der Waals surface area contributed by atoms with Gasteiger partial charge in [-0.1, -0.05) is 58.0 Å². The van der Waals surface area contributed by atoms with Gasteiger partial charge in [0.15, 0.2) is 0 Å². The van der Waals surface area contributed by atoms with E-state index < -0.39 is 17.3 Å². The van der Waals surface area contributed by atoms with Crippen LogP contribution in [0.25, 0.3) is 10.4 Å². The van der Waals surface area contributed by atoms with Crippen LogP contribution in [-0.4, -0.2) is 22.4 Å². The lowest BCUT2D eigenvalue weighted by Crippen LogP contribution is -2.42. The molecule has 0 aliphatic carbocycles. The van der Waals surface area contributed by atoms with E-state index in [0.717, 1.165) is 5.56 Å². The molecule has 1 aromatic rings. The average molecular weight is 349 g/mol. The molecule has 0 aliphatic heterocycles. The first kappa shape index (κ1) is 20.1. The molecule has 6 nitrogen and oxygen atoms in total. The number of ether oxygens (including phenoxy) is 1. The van der Waals surface area contributed by atoms with E-state index in [0.29, 0.717) is 0 Å². The Labute approximate surface area is 146 Å². The molecule has 0 aliphatic rings. The predicted octanol–water partition coefficient (Wildman–Crippen LogP) is 4.49. The lowest BCUT2D eigenvalue weighted by Gasteiger charge is -2.30. The van der Waals surface area contributed by atoms with Gasteiger partial charge in [0.05, 0.1) is 0 Å². The van der Waals surface area contributed by atoms with Crippen molar-refractivity contribution in [2.75, 3.05) is 5.75 Å². The number of esters is 1. The number of azide groups is 1. The first-order valence-electron chi connectivity index (χ1n) is 7.70. The summed E-state index contributed by atoms with van der Waals surface area (Å²) in [6, 6.07) is 9.22. The summed E-state index contributed by atoms with van der Waals surface area (Å²) < 4.78 is 5.22. The van der Waals surface area contributed by atoms with Crippen LogP contribution in [-0.2, 0) is 20.9 Å². The molecule has 0 fully saturated rings. The molecule has 0 saturated carbocycles. The van der Waals surface area contributed by atoms with Crippen LogP contribution in [0.15, 0.2) is 35.4 Å². The summed E-state index contributed by atoms with van der Waals surface area (Å²) in [4.78, 5) is 27.5. The Bertz CT molecular complexity index is 622. The summed E-state index contributed by atoms with van der Waals surface area (Å²) in [7, 11) is 0. The lowest BCUT2D eigenvalue weighted by molar-refractivity contribution is -0.160. The minimum Gasteiger partial charge on any atom is -0.460 e. The van der Waals surface area contributed by atoms with Crippen molar-refractivity contribution >= 4 is 23.6 Å². The van der Waals surface area contributed by atoms with Gasteiger partial charge >= 0.3 is 5.97 Å². The summed E-state index contributed by atoms with van der Waals surface area (Å²) in [6.07, 6.45) is 0.210. The number of carbonyl (C=O) groups is 2. The van der Waals surface area contributed by atoms with Crippen LogP contribution in [0, 0.1) is 5.41 Å². The second-order valence-corrected chi connectivity index (χ2v) is 8.20. The molecule has 1 aromatic carbocycles. The Morgan fingerprint density at radius 3 is 2.38 bits per heavy atom. The molecular formula is C17H23N3O3S. The number of rotatable bonds is 7. The van der Waals surface area contributed by atoms with E-state index in [1.54, 1.807) is 6.92 Å². The summed E-state index contributed by atoms with van der Waals surface area (Å²) in [6.45, 7) is 7.77. The fraction of sp³-hybridized carbons (Fsp3) is 0.529. The zero-order valence-electron chi connectivity index (χ0n) is 14.5. The molecule has 7 heteroatoms. The fourth-order valence-corrected chi connectivity index (χ4v) is 3.07.